The van der Waals surface area contributed by atoms with Gasteiger partial charge in [-0.1, -0.05) is 6.58 Å². The SMILES string of the molecule is C=C(C#N)NC(=O)OC(C)(C)C. The van der Waals surface area contributed by atoms with Crippen molar-refractivity contribution in [1.29, 1.82) is 5.26 Å². The Morgan fingerprint density at radius 2 is 2.08 bits per heavy atom. The second-order valence-corrected chi connectivity index (χ2v) is 3.22. The summed E-state index contributed by atoms with van der Waals surface area (Å²) >= 11 is 0. The number of hydrogen-bond donors (Lipinski definition) is 1. The summed E-state index contributed by atoms with van der Waals surface area (Å²) in [5.74, 6) is 0. The van der Waals surface area contributed by atoms with Gasteiger partial charge in [-0.25, -0.2) is 4.79 Å². The number of alkyl carbamates (subject to hydrolysis) is 1. The summed E-state index contributed by atoms with van der Waals surface area (Å²) < 4.78 is 4.85. The second kappa shape index (κ2) is 3.77. The highest BCUT2D eigenvalue weighted by molar-refractivity contribution is 5.70. The Morgan fingerprint density at radius 3 is 2.42 bits per heavy atom. The molecule has 0 saturated heterocycles. The van der Waals surface area contributed by atoms with Crippen LogP contribution in [0.15, 0.2) is 12.3 Å². The van der Waals surface area contributed by atoms with Gasteiger partial charge in [0.1, 0.15) is 17.4 Å². The van der Waals surface area contributed by atoms with Gasteiger partial charge in [0.2, 0.25) is 0 Å². The molecule has 0 spiro atoms. The van der Waals surface area contributed by atoms with Crippen molar-refractivity contribution in [3.05, 3.63) is 12.3 Å². The first kappa shape index (κ1) is 10.5. The summed E-state index contributed by atoms with van der Waals surface area (Å²) in [5, 5.41) is 10.4. The van der Waals surface area contributed by atoms with E-state index in [1.54, 1.807) is 26.8 Å². The average molecular weight is 168 g/mol. The van der Waals surface area contributed by atoms with E-state index in [4.69, 9.17) is 10.00 Å². The molecule has 0 aliphatic rings. The van der Waals surface area contributed by atoms with Gasteiger partial charge in [-0.15, -0.1) is 0 Å². The molecule has 0 unspecified atom stereocenters. The van der Waals surface area contributed by atoms with Crippen LogP contribution in [0, 0.1) is 11.3 Å². The van der Waals surface area contributed by atoms with Crippen LogP contribution < -0.4 is 5.32 Å². The van der Waals surface area contributed by atoms with Gasteiger partial charge in [0.15, 0.2) is 0 Å². The molecule has 0 aromatic heterocycles. The normalized spacial score (nSPS) is 9.83. The minimum Gasteiger partial charge on any atom is -0.444 e. The molecule has 0 aliphatic carbocycles. The molecule has 1 amide bonds. The molecular weight excluding hydrogens is 156 g/mol. The fourth-order valence-electron chi connectivity index (χ4n) is 0.455. The zero-order chi connectivity index (χ0) is 9.78. The predicted octanol–water partition coefficient (Wildman–Crippen LogP) is 1.55. The van der Waals surface area contributed by atoms with Crippen molar-refractivity contribution in [2.24, 2.45) is 0 Å². The lowest BCUT2D eigenvalue weighted by molar-refractivity contribution is 0.0548. The summed E-state index contributed by atoms with van der Waals surface area (Å²) in [6.45, 7) is 8.48. The molecule has 0 bridgehead atoms. The van der Waals surface area contributed by atoms with E-state index in [0.717, 1.165) is 0 Å². The van der Waals surface area contributed by atoms with Crippen LogP contribution in [0.1, 0.15) is 20.8 Å². The Balaban J connectivity index is 3.94. The predicted molar refractivity (Wildman–Crippen MR) is 44.1 cm³/mol. The fourth-order valence-corrected chi connectivity index (χ4v) is 0.455. The number of amides is 1. The summed E-state index contributed by atoms with van der Waals surface area (Å²) in [5.41, 5.74) is -0.580. The van der Waals surface area contributed by atoms with E-state index >= 15 is 0 Å². The molecule has 0 fully saturated rings. The highest BCUT2D eigenvalue weighted by atomic mass is 16.6. The maximum absolute atomic E-state index is 10.9. The molecule has 1 N–H and O–H groups in total. The first-order chi connectivity index (χ1) is 5.35. The van der Waals surface area contributed by atoms with Crippen LogP contribution in [0.4, 0.5) is 4.79 Å². The number of nitriles is 1. The first-order valence-corrected chi connectivity index (χ1v) is 3.44. The topological polar surface area (TPSA) is 62.1 Å². The smallest absolute Gasteiger partial charge is 0.412 e. The van der Waals surface area contributed by atoms with Crippen LogP contribution in [0.5, 0.6) is 0 Å². The van der Waals surface area contributed by atoms with Crippen LogP contribution in [-0.4, -0.2) is 11.7 Å². The molecule has 0 heterocycles. The van der Waals surface area contributed by atoms with Gasteiger partial charge in [0.25, 0.3) is 0 Å². The molecular formula is C8H12N2O2. The van der Waals surface area contributed by atoms with E-state index in [-0.39, 0.29) is 5.70 Å². The first-order valence-electron chi connectivity index (χ1n) is 3.44. The van der Waals surface area contributed by atoms with Crippen molar-refractivity contribution in [3.8, 4) is 6.07 Å². The van der Waals surface area contributed by atoms with E-state index in [1.807, 2.05) is 0 Å². The highest BCUT2D eigenvalue weighted by Gasteiger charge is 2.15. The van der Waals surface area contributed by atoms with Crippen LogP contribution >= 0.6 is 0 Å². The number of carbonyl (C=O) groups excluding carboxylic acids is 1. The molecule has 4 heteroatoms. The van der Waals surface area contributed by atoms with Crippen LogP contribution in [0.2, 0.25) is 0 Å². The Labute approximate surface area is 71.8 Å². The maximum Gasteiger partial charge on any atom is 0.412 e. The van der Waals surface area contributed by atoms with Crippen molar-refractivity contribution in [2.45, 2.75) is 26.4 Å². The van der Waals surface area contributed by atoms with Crippen LogP contribution in [-0.2, 0) is 4.74 Å². The monoisotopic (exact) mass is 168 g/mol. The number of nitrogens with one attached hydrogen (secondary N) is 1. The molecule has 0 aromatic carbocycles. The van der Waals surface area contributed by atoms with E-state index in [0.29, 0.717) is 0 Å². The molecule has 12 heavy (non-hydrogen) atoms. The number of rotatable bonds is 1. The lowest BCUT2D eigenvalue weighted by Gasteiger charge is -2.19. The summed E-state index contributed by atoms with van der Waals surface area (Å²) in [6, 6.07) is 1.68. The minimum absolute atomic E-state index is 0.0238. The zero-order valence-electron chi connectivity index (χ0n) is 7.47. The molecule has 0 aliphatic heterocycles. The second-order valence-electron chi connectivity index (χ2n) is 3.22. The Bertz CT molecular complexity index is 232. The van der Waals surface area contributed by atoms with Crippen molar-refractivity contribution in [1.82, 2.24) is 5.32 Å². The van der Waals surface area contributed by atoms with Gasteiger partial charge in [-0.2, -0.15) is 5.26 Å². The number of carbonyl (C=O) groups is 1. The largest absolute Gasteiger partial charge is 0.444 e. The number of nitrogens with zero attached hydrogens (tertiary/aromatic N) is 1. The van der Waals surface area contributed by atoms with Crippen molar-refractivity contribution >= 4 is 6.09 Å². The van der Waals surface area contributed by atoms with Gasteiger partial charge < -0.3 is 4.74 Å². The molecule has 0 saturated carbocycles. The molecule has 0 rings (SSSR count). The van der Waals surface area contributed by atoms with Crippen molar-refractivity contribution < 1.29 is 9.53 Å². The number of allylic oxidation sites excluding steroid dienone is 1. The van der Waals surface area contributed by atoms with Crippen molar-refractivity contribution in [2.75, 3.05) is 0 Å². The van der Waals surface area contributed by atoms with Gasteiger partial charge in [0, 0.05) is 0 Å². The molecule has 0 aromatic rings. The fraction of sp³-hybridized carbons (Fsp3) is 0.500. The number of hydrogen-bond acceptors (Lipinski definition) is 3. The van der Waals surface area contributed by atoms with Crippen molar-refractivity contribution in [3.63, 3.8) is 0 Å². The van der Waals surface area contributed by atoms with E-state index in [9.17, 15) is 4.79 Å². The highest BCUT2D eigenvalue weighted by Crippen LogP contribution is 2.06. The Hall–Kier alpha value is -1.50. The average Bonchev–Trinajstić information content (AvgIpc) is 1.82. The van der Waals surface area contributed by atoms with E-state index < -0.39 is 11.7 Å². The Morgan fingerprint density at radius 1 is 1.58 bits per heavy atom. The summed E-state index contributed by atoms with van der Waals surface area (Å²) in [4.78, 5) is 10.9. The van der Waals surface area contributed by atoms with Crippen LogP contribution in [0.3, 0.4) is 0 Å². The van der Waals surface area contributed by atoms with Gasteiger partial charge >= 0.3 is 6.09 Å². The molecule has 66 valence electrons. The lowest BCUT2D eigenvalue weighted by atomic mass is 10.2. The molecule has 4 nitrogen and oxygen atoms in total. The van der Waals surface area contributed by atoms with Crippen LogP contribution in [0.25, 0.3) is 0 Å². The third-order valence-corrected chi connectivity index (χ3v) is 0.787. The maximum atomic E-state index is 10.9. The summed E-state index contributed by atoms with van der Waals surface area (Å²) in [7, 11) is 0. The minimum atomic E-state index is -0.658. The number of ether oxygens (including phenoxy) is 1. The lowest BCUT2D eigenvalue weighted by Crippen LogP contribution is -2.31. The molecule has 0 radical (unpaired) electrons. The van der Waals surface area contributed by atoms with Gasteiger partial charge in [-0.3, -0.25) is 5.32 Å². The third kappa shape index (κ3) is 5.30. The third-order valence-electron chi connectivity index (χ3n) is 0.787. The van der Waals surface area contributed by atoms with Gasteiger partial charge in [0.05, 0.1) is 0 Å². The standard InChI is InChI=1S/C8H12N2O2/c1-6(5-9)10-7(11)12-8(2,3)4/h1H2,2-4H3,(H,10,11). The molecule has 0 atom stereocenters. The van der Waals surface area contributed by atoms with E-state index in [1.165, 1.54) is 0 Å². The van der Waals surface area contributed by atoms with Gasteiger partial charge in [-0.05, 0) is 20.8 Å². The quantitative estimate of drug-likeness (QED) is 0.604. The Kier molecular flexibility index (Phi) is 3.30. The zero-order valence-corrected chi connectivity index (χ0v) is 7.47. The summed E-state index contributed by atoms with van der Waals surface area (Å²) in [6.07, 6.45) is -0.658. The van der Waals surface area contributed by atoms with E-state index in [2.05, 4.69) is 11.9 Å².